The maximum Gasteiger partial charge on any atom is 0.261 e. The molecule has 0 unspecified atom stereocenters. The summed E-state index contributed by atoms with van der Waals surface area (Å²) < 4.78 is 5.81. The molecule has 0 saturated heterocycles. The van der Waals surface area contributed by atoms with Gasteiger partial charge in [-0.05, 0) is 34.1 Å². The quantitative estimate of drug-likeness (QED) is 0.926. The third kappa shape index (κ3) is 2.50. The number of thiazole rings is 1. The van der Waals surface area contributed by atoms with E-state index in [4.69, 9.17) is 22.1 Å². The van der Waals surface area contributed by atoms with Crippen LogP contribution in [0.2, 0.25) is 5.02 Å². The number of primary amides is 1. The van der Waals surface area contributed by atoms with Crippen molar-refractivity contribution in [3.8, 4) is 17.0 Å². The second-order valence-corrected chi connectivity index (χ2v) is 6.06. The highest BCUT2D eigenvalue weighted by Crippen LogP contribution is 2.37. The van der Waals surface area contributed by atoms with Gasteiger partial charge in [-0.25, -0.2) is 4.98 Å². The van der Waals surface area contributed by atoms with E-state index in [0.29, 0.717) is 30.8 Å². The largest absolute Gasteiger partial charge is 0.496 e. The lowest BCUT2D eigenvalue weighted by Crippen LogP contribution is -2.10. The summed E-state index contributed by atoms with van der Waals surface area (Å²) in [5, 5.41) is 0.533. The van der Waals surface area contributed by atoms with Gasteiger partial charge in [0.25, 0.3) is 5.91 Å². The van der Waals surface area contributed by atoms with Crippen LogP contribution in [-0.4, -0.2) is 18.0 Å². The third-order valence-electron chi connectivity index (χ3n) is 2.24. The van der Waals surface area contributed by atoms with E-state index in [2.05, 4.69) is 20.9 Å². The first kappa shape index (κ1) is 13.3. The molecule has 0 saturated carbocycles. The average Bonchev–Trinajstić information content (AvgIpc) is 2.71. The molecule has 0 aliphatic rings. The molecule has 0 aliphatic carbocycles. The molecule has 94 valence electrons. The predicted octanol–water partition coefficient (Wildman–Crippen LogP) is 3.33. The van der Waals surface area contributed by atoms with Gasteiger partial charge >= 0.3 is 0 Å². The van der Waals surface area contributed by atoms with E-state index in [1.54, 1.807) is 18.2 Å². The first-order chi connectivity index (χ1) is 8.52. The summed E-state index contributed by atoms with van der Waals surface area (Å²) in [5.74, 6) is 0.0509. The number of aromatic nitrogens is 1. The Morgan fingerprint density at radius 2 is 2.28 bits per heavy atom. The molecule has 2 aromatic rings. The Labute approximate surface area is 121 Å². The van der Waals surface area contributed by atoms with Gasteiger partial charge in [0, 0.05) is 10.6 Å². The fourth-order valence-corrected chi connectivity index (χ4v) is 3.00. The van der Waals surface area contributed by atoms with Crippen molar-refractivity contribution in [3.63, 3.8) is 0 Å². The van der Waals surface area contributed by atoms with Crippen molar-refractivity contribution in [1.29, 1.82) is 0 Å². The molecule has 0 bridgehead atoms. The second kappa shape index (κ2) is 5.26. The van der Waals surface area contributed by atoms with Gasteiger partial charge in [-0.15, -0.1) is 11.3 Å². The molecule has 1 amide bonds. The van der Waals surface area contributed by atoms with Gasteiger partial charge in [0.15, 0.2) is 3.92 Å². The van der Waals surface area contributed by atoms with E-state index in [0.717, 1.165) is 0 Å². The molecule has 2 N–H and O–H groups in total. The molecular weight excluding hydrogens is 340 g/mol. The molecule has 2 rings (SSSR count). The summed E-state index contributed by atoms with van der Waals surface area (Å²) in [4.78, 5) is 16.0. The second-order valence-electron chi connectivity index (χ2n) is 3.35. The number of ether oxygens (including phenoxy) is 1. The van der Waals surface area contributed by atoms with Crippen molar-refractivity contribution in [2.45, 2.75) is 0 Å². The molecule has 1 aromatic heterocycles. The highest BCUT2D eigenvalue weighted by molar-refractivity contribution is 9.11. The molecule has 1 aromatic carbocycles. The number of amides is 1. The van der Waals surface area contributed by atoms with Crippen molar-refractivity contribution in [1.82, 2.24) is 4.98 Å². The number of methoxy groups -OCH3 is 1. The van der Waals surface area contributed by atoms with Crippen LogP contribution in [-0.2, 0) is 0 Å². The van der Waals surface area contributed by atoms with Crippen molar-refractivity contribution < 1.29 is 9.53 Å². The molecular formula is C11H8BrClN2O2S. The van der Waals surface area contributed by atoms with Crippen molar-refractivity contribution in [3.05, 3.63) is 32.0 Å². The zero-order valence-electron chi connectivity index (χ0n) is 9.24. The lowest BCUT2D eigenvalue weighted by atomic mass is 10.1. The van der Waals surface area contributed by atoms with Crippen LogP contribution in [0.3, 0.4) is 0 Å². The summed E-state index contributed by atoms with van der Waals surface area (Å²) >= 11 is 10.4. The van der Waals surface area contributed by atoms with Gasteiger partial charge in [0.05, 0.1) is 12.8 Å². The van der Waals surface area contributed by atoms with Gasteiger partial charge in [-0.2, -0.15) is 0 Å². The molecule has 0 atom stereocenters. The number of hydrogen-bond acceptors (Lipinski definition) is 4. The van der Waals surface area contributed by atoms with E-state index in [9.17, 15) is 4.79 Å². The van der Waals surface area contributed by atoms with Crippen LogP contribution in [0.4, 0.5) is 0 Å². The number of carbonyl (C=O) groups is 1. The van der Waals surface area contributed by atoms with E-state index < -0.39 is 5.91 Å². The van der Waals surface area contributed by atoms with Crippen LogP contribution in [0.15, 0.2) is 22.1 Å². The first-order valence-electron chi connectivity index (χ1n) is 4.83. The van der Waals surface area contributed by atoms with Gasteiger partial charge in [-0.1, -0.05) is 11.6 Å². The minimum absolute atomic E-state index is 0.363. The molecule has 7 heteroatoms. The third-order valence-corrected chi connectivity index (χ3v) is 4.00. The van der Waals surface area contributed by atoms with Crippen LogP contribution in [0, 0.1) is 0 Å². The summed E-state index contributed by atoms with van der Waals surface area (Å²) in [6.07, 6.45) is 0. The normalized spacial score (nSPS) is 10.4. The molecule has 0 radical (unpaired) electrons. The maximum atomic E-state index is 11.4. The monoisotopic (exact) mass is 346 g/mol. The van der Waals surface area contributed by atoms with Crippen molar-refractivity contribution >= 4 is 44.8 Å². The lowest BCUT2D eigenvalue weighted by molar-refractivity contribution is 0.100. The predicted molar refractivity (Wildman–Crippen MR) is 75.3 cm³/mol. The molecule has 1 heterocycles. The molecule has 4 nitrogen and oxygen atoms in total. The number of benzene rings is 1. The fraction of sp³-hybridized carbons (Fsp3) is 0.0909. The SMILES string of the molecule is COc1ccc(Cl)cc1-c1nc(Br)sc1C(N)=O. The van der Waals surface area contributed by atoms with Gasteiger partial charge in [0.2, 0.25) is 0 Å². The smallest absolute Gasteiger partial charge is 0.261 e. The van der Waals surface area contributed by atoms with Crippen molar-refractivity contribution in [2.75, 3.05) is 7.11 Å². The number of rotatable bonds is 3. The first-order valence-corrected chi connectivity index (χ1v) is 6.81. The van der Waals surface area contributed by atoms with Crippen LogP contribution < -0.4 is 10.5 Å². The molecule has 0 spiro atoms. The van der Waals surface area contributed by atoms with Gasteiger partial charge in [-0.3, -0.25) is 4.79 Å². The Kier molecular flexibility index (Phi) is 3.89. The molecule has 0 fully saturated rings. The van der Waals surface area contributed by atoms with E-state index >= 15 is 0 Å². The molecule has 0 aliphatic heterocycles. The van der Waals surface area contributed by atoms with E-state index in [1.165, 1.54) is 18.4 Å². The fourth-order valence-electron chi connectivity index (χ4n) is 1.51. The van der Waals surface area contributed by atoms with Crippen molar-refractivity contribution in [2.24, 2.45) is 5.73 Å². The zero-order chi connectivity index (χ0) is 13.3. The minimum atomic E-state index is -0.532. The van der Waals surface area contributed by atoms with Crippen LogP contribution >= 0.6 is 38.9 Å². The van der Waals surface area contributed by atoms with Crippen LogP contribution in [0.25, 0.3) is 11.3 Å². The Bertz CT molecular complexity index is 615. The average molecular weight is 348 g/mol. The summed E-state index contributed by atoms with van der Waals surface area (Å²) in [6.45, 7) is 0. The highest BCUT2D eigenvalue weighted by atomic mass is 79.9. The van der Waals surface area contributed by atoms with Gasteiger partial charge < -0.3 is 10.5 Å². The highest BCUT2D eigenvalue weighted by Gasteiger charge is 2.19. The minimum Gasteiger partial charge on any atom is -0.496 e. The Balaban J connectivity index is 2.68. The number of nitrogens with zero attached hydrogens (tertiary/aromatic N) is 1. The summed E-state index contributed by atoms with van der Waals surface area (Å²) in [5.41, 5.74) is 6.44. The summed E-state index contributed by atoms with van der Waals surface area (Å²) in [7, 11) is 1.54. The Morgan fingerprint density at radius 3 is 2.89 bits per heavy atom. The standard InChI is InChI=1S/C11H8BrClN2O2S/c1-17-7-3-2-5(13)4-6(7)8-9(10(14)16)18-11(12)15-8/h2-4H,1H3,(H2,14,16). The number of hydrogen-bond donors (Lipinski definition) is 1. The van der Waals surface area contributed by atoms with Crippen LogP contribution in [0.1, 0.15) is 9.67 Å². The Morgan fingerprint density at radius 1 is 1.56 bits per heavy atom. The lowest BCUT2D eigenvalue weighted by Gasteiger charge is -2.07. The van der Waals surface area contributed by atoms with Crippen LogP contribution in [0.5, 0.6) is 5.75 Å². The van der Waals surface area contributed by atoms with E-state index in [1.807, 2.05) is 0 Å². The number of halogens is 2. The molecule has 18 heavy (non-hydrogen) atoms. The van der Waals surface area contributed by atoms with Gasteiger partial charge in [0.1, 0.15) is 10.6 Å². The topological polar surface area (TPSA) is 65.2 Å². The van der Waals surface area contributed by atoms with E-state index in [-0.39, 0.29) is 0 Å². The number of nitrogens with two attached hydrogens (primary N) is 1. The Hall–Kier alpha value is -1.11. The summed E-state index contributed by atoms with van der Waals surface area (Å²) in [6, 6.07) is 5.11. The zero-order valence-corrected chi connectivity index (χ0v) is 12.4. The maximum absolute atomic E-state index is 11.4. The number of carbonyl (C=O) groups excluding carboxylic acids is 1.